The summed E-state index contributed by atoms with van der Waals surface area (Å²) in [6, 6.07) is 7.22. The number of methoxy groups -OCH3 is 1. The van der Waals surface area contributed by atoms with Gasteiger partial charge in [-0.15, -0.1) is 0 Å². The molecule has 1 amide bonds. The Morgan fingerprint density at radius 2 is 1.58 bits per heavy atom. The lowest BCUT2D eigenvalue weighted by Crippen LogP contribution is -2.45. The number of hydrogen-bond donors (Lipinski definition) is 1. The maximum absolute atomic E-state index is 12.0. The highest BCUT2D eigenvalue weighted by Gasteiger charge is 2.25. The third-order valence-electron chi connectivity index (χ3n) is 3.44. The van der Waals surface area contributed by atoms with Gasteiger partial charge in [0.25, 0.3) is 0 Å². The fourth-order valence-electron chi connectivity index (χ4n) is 2.16. The summed E-state index contributed by atoms with van der Waals surface area (Å²) < 4.78 is 9.99. The molecule has 0 aliphatic carbocycles. The molecule has 0 radical (unpaired) electrons. The maximum atomic E-state index is 12.0. The van der Waals surface area contributed by atoms with Crippen molar-refractivity contribution in [2.24, 2.45) is 0 Å². The van der Waals surface area contributed by atoms with Crippen molar-refractivity contribution >= 4 is 12.1 Å². The van der Waals surface area contributed by atoms with Crippen molar-refractivity contribution in [2.75, 3.05) is 7.11 Å². The number of benzene rings is 1. The molecule has 5 nitrogen and oxygen atoms in total. The molecule has 0 fully saturated rings. The van der Waals surface area contributed by atoms with Crippen molar-refractivity contribution in [3.05, 3.63) is 35.4 Å². The van der Waals surface area contributed by atoms with Crippen molar-refractivity contribution in [1.82, 2.24) is 5.32 Å². The van der Waals surface area contributed by atoms with Gasteiger partial charge in [0.05, 0.1) is 7.11 Å². The number of rotatable bonds is 4. The average Bonchev–Trinajstić information content (AvgIpc) is 2.43. The summed E-state index contributed by atoms with van der Waals surface area (Å²) in [5, 5.41) is 2.58. The summed E-state index contributed by atoms with van der Waals surface area (Å²) >= 11 is 0. The Morgan fingerprint density at radius 3 is 2.00 bits per heavy atom. The van der Waals surface area contributed by atoms with Gasteiger partial charge in [-0.1, -0.05) is 45.0 Å². The number of ether oxygens (including phenoxy) is 2. The third-order valence-corrected chi connectivity index (χ3v) is 3.44. The molecule has 1 aromatic rings. The Bertz CT molecular complexity index is 565. The van der Waals surface area contributed by atoms with Crippen LogP contribution in [0.4, 0.5) is 4.79 Å². The van der Waals surface area contributed by atoms with Crippen molar-refractivity contribution in [3.8, 4) is 0 Å². The van der Waals surface area contributed by atoms with Crippen molar-refractivity contribution in [2.45, 2.75) is 65.0 Å². The van der Waals surface area contributed by atoms with Crippen LogP contribution < -0.4 is 5.32 Å². The van der Waals surface area contributed by atoms with Gasteiger partial charge in [0, 0.05) is 6.42 Å². The molecule has 134 valence electrons. The van der Waals surface area contributed by atoms with Gasteiger partial charge in [-0.05, 0) is 37.3 Å². The summed E-state index contributed by atoms with van der Waals surface area (Å²) in [5.74, 6) is -0.499. The highest BCUT2D eigenvalue weighted by Crippen LogP contribution is 2.22. The summed E-state index contributed by atoms with van der Waals surface area (Å²) in [5.41, 5.74) is 1.59. The second-order valence-electron chi connectivity index (χ2n) is 7.87. The molecule has 0 saturated carbocycles. The van der Waals surface area contributed by atoms with Crippen molar-refractivity contribution < 1.29 is 19.1 Å². The minimum atomic E-state index is -0.787. The second kappa shape index (κ2) is 7.69. The van der Waals surface area contributed by atoms with E-state index in [-0.39, 0.29) is 5.41 Å². The van der Waals surface area contributed by atoms with Crippen LogP contribution in [0.25, 0.3) is 0 Å². The maximum Gasteiger partial charge on any atom is 0.408 e. The van der Waals surface area contributed by atoms with E-state index < -0.39 is 23.7 Å². The van der Waals surface area contributed by atoms with Gasteiger partial charge in [0.15, 0.2) is 0 Å². The van der Waals surface area contributed by atoms with Gasteiger partial charge in [0.1, 0.15) is 11.6 Å². The van der Waals surface area contributed by atoms with Crippen LogP contribution in [0.3, 0.4) is 0 Å². The van der Waals surface area contributed by atoms with E-state index in [2.05, 4.69) is 26.1 Å². The Morgan fingerprint density at radius 1 is 1.04 bits per heavy atom. The zero-order chi connectivity index (χ0) is 18.5. The van der Waals surface area contributed by atoms with Crippen LogP contribution in [0.2, 0.25) is 0 Å². The molecule has 1 N–H and O–H groups in total. The zero-order valence-electron chi connectivity index (χ0n) is 15.7. The van der Waals surface area contributed by atoms with E-state index in [4.69, 9.17) is 9.47 Å². The summed E-state index contributed by atoms with van der Waals surface area (Å²) in [6.07, 6.45) is -0.291. The Labute approximate surface area is 144 Å². The molecule has 0 heterocycles. The smallest absolute Gasteiger partial charge is 0.408 e. The zero-order valence-corrected chi connectivity index (χ0v) is 15.7. The van der Waals surface area contributed by atoms with Crippen LogP contribution in [-0.4, -0.2) is 30.8 Å². The quantitative estimate of drug-likeness (QED) is 0.854. The lowest BCUT2D eigenvalue weighted by molar-refractivity contribution is -0.143. The van der Waals surface area contributed by atoms with Crippen molar-refractivity contribution in [1.29, 1.82) is 0 Å². The highest BCUT2D eigenvalue weighted by atomic mass is 16.6. The van der Waals surface area contributed by atoms with Gasteiger partial charge in [-0.2, -0.15) is 0 Å². The van der Waals surface area contributed by atoms with Crippen LogP contribution in [0, 0.1) is 0 Å². The topological polar surface area (TPSA) is 64.6 Å². The van der Waals surface area contributed by atoms with Gasteiger partial charge in [-0.3, -0.25) is 0 Å². The lowest BCUT2D eigenvalue weighted by atomic mass is 9.86. The van der Waals surface area contributed by atoms with Crippen LogP contribution >= 0.6 is 0 Å². The minimum absolute atomic E-state index is 0.0645. The molecule has 0 aromatic heterocycles. The summed E-state index contributed by atoms with van der Waals surface area (Å²) in [6.45, 7) is 11.7. The second-order valence-corrected chi connectivity index (χ2v) is 7.87. The first-order valence-electron chi connectivity index (χ1n) is 8.09. The van der Waals surface area contributed by atoms with Gasteiger partial charge >= 0.3 is 12.1 Å². The predicted molar refractivity (Wildman–Crippen MR) is 94.0 cm³/mol. The van der Waals surface area contributed by atoms with E-state index in [1.807, 2.05) is 24.3 Å². The van der Waals surface area contributed by atoms with E-state index >= 15 is 0 Å². The molecular weight excluding hydrogens is 306 g/mol. The summed E-state index contributed by atoms with van der Waals surface area (Å²) in [7, 11) is 1.30. The Kier molecular flexibility index (Phi) is 6.41. The van der Waals surface area contributed by atoms with E-state index in [1.165, 1.54) is 12.7 Å². The normalized spacial score (nSPS) is 13.1. The van der Waals surface area contributed by atoms with Crippen LogP contribution in [0.1, 0.15) is 52.7 Å². The molecule has 0 aliphatic rings. The highest BCUT2D eigenvalue weighted by molar-refractivity contribution is 5.81. The van der Waals surface area contributed by atoms with E-state index in [9.17, 15) is 9.59 Å². The van der Waals surface area contributed by atoms with Crippen molar-refractivity contribution in [3.63, 3.8) is 0 Å². The monoisotopic (exact) mass is 335 g/mol. The first-order valence-corrected chi connectivity index (χ1v) is 8.09. The SMILES string of the molecule is COC(=O)[C@H](Cc1ccc(C(C)(C)C)cc1)NC(=O)OC(C)(C)C. The number of alkyl carbamates (subject to hydrolysis) is 1. The Balaban J connectivity index is 2.83. The molecule has 0 saturated heterocycles. The first-order chi connectivity index (χ1) is 10.9. The molecule has 0 aliphatic heterocycles. The molecule has 24 heavy (non-hydrogen) atoms. The Hall–Kier alpha value is -2.04. The van der Waals surface area contributed by atoms with Gasteiger partial charge < -0.3 is 14.8 Å². The lowest BCUT2D eigenvalue weighted by Gasteiger charge is -2.23. The summed E-state index contributed by atoms with van der Waals surface area (Å²) in [4.78, 5) is 23.9. The number of esters is 1. The third kappa shape index (κ3) is 6.60. The molecule has 1 aromatic carbocycles. The first kappa shape index (κ1) is 20.0. The molecule has 1 rings (SSSR count). The number of amides is 1. The van der Waals surface area contributed by atoms with E-state index in [1.54, 1.807) is 20.8 Å². The number of nitrogens with one attached hydrogen (secondary N) is 1. The van der Waals surface area contributed by atoms with E-state index in [0.29, 0.717) is 6.42 Å². The van der Waals surface area contributed by atoms with E-state index in [0.717, 1.165) is 5.56 Å². The standard InChI is InChI=1S/C19H29NO4/c1-18(2,3)14-10-8-13(9-11-14)12-15(16(21)23-7)20-17(22)24-19(4,5)6/h8-11,15H,12H2,1-7H3,(H,20,22)/t15-/m0/s1. The van der Waals surface area contributed by atoms with Gasteiger partial charge in [0.2, 0.25) is 0 Å². The fourth-order valence-corrected chi connectivity index (χ4v) is 2.16. The molecule has 0 spiro atoms. The van der Waals surface area contributed by atoms with Crippen LogP contribution in [0.15, 0.2) is 24.3 Å². The predicted octanol–water partition coefficient (Wildman–Crippen LogP) is 3.59. The van der Waals surface area contributed by atoms with Crippen LogP contribution in [0.5, 0.6) is 0 Å². The average molecular weight is 335 g/mol. The van der Waals surface area contributed by atoms with Crippen LogP contribution in [-0.2, 0) is 26.1 Å². The molecule has 1 atom stereocenters. The molecule has 5 heteroatoms. The largest absolute Gasteiger partial charge is 0.467 e. The number of hydrogen-bond acceptors (Lipinski definition) is 4. The molecule has 0 unspecified atom stereocenters. The van der Waals surface area contributed by atoms with Gasteiger partial charge in [-0.25, -0.2) is 9.59 Å². The molecular formula is C19H29NO4. The fraction of sp³-hybridized carbons (Fsp3) is 0.579. The molecule has 0 bridgehead atoms. The number of carbonyl (C=O) groups excluding carboxylic acids is 2. The number of carbonyl (C=O) groups is 2. The minimum Gasteiger partial charge on any atom is -0.467 e.